The van der Waals surface area contributed by atoms with Gasteiger partial charge in [-0.2, -0.15) is 0 Å². The van der Waals surface area contributed by atoms with E-state index in [1.54, 1.807) is 0 Å². The Morgan fingerprint density at radius 3 is 2.00 bits per heavy atom. The molecule has 1 rings (SSSR count). The molecule has 1 aromatic carbocycles. The molecule has 0 atom stereocenters. The molecule has 0 amide bonds. The Hall–Kier alpha value is -0.318. The first-order chi connectivity index (χ1) is 7.43. The second-order valence-corrected chi connectivity index (χ2v) is 3.04. The third-order valence-corrected chi connectivity index (χ3v) is 1.96. The standard InChI is InChI=1S/C10H8O6.Cs.H/c11-8(12)6-3-1-2-5(4-6)7(9(13)14)10(15)16;;/h1-4,7H,(H,11,12)(H,13,14)(H,15,16);;/q;+1;-1. The Kier molecular flexibility index (Phi) is 7.06. The molecule has 3 N–H and O–H groups in total. The second kappa shape index (κ2) is 7.19. The number of aliphatic carboxylic acids is 2. The summed E-state index contributed by atoms with van der Waals surface area (Å²) < 4.78 is 0. The maximum atomic E-state index is 10.7. The largest absolute Gasteiger partial charge is 1.00 e. The molecule has 7 heteroatoms. The fraction of sp³-hybridized carbons (Fsp3) is 0.100. The van der Waals surface area contributed by atoms with Gasteiger partial charge in [-0.1, -0.05) is 12.1 Å². The van der Waals surface area contributed by atoms with Gasteiger partial charge in [0.25, 0.3) is 0 Å². The number of benzene rings is 1. The molecule has 0 saturated carbocycles. The Balaban J connectivity index is 0. The fourth-order valence-electron chi connectivity index (χ4n) is 1.24. The molecule has 0 spiro atoms. The summed E-state index contributed by atoms with van der Waals surface area (Å²) in [4.78, 5) is 32.0. The van der Waals surface area contributed by atoms with Crippen LogP contribution >= 0.6 is 0 Å². The molecule has 0 aromatic heterocycles. The Bertz CT molecular complexity index is 447. The first kappa shape index (κ1) is 16.7. The van der Waals surface area contributed by atoms with Crippen molar-refractivity contribution >= 4 is 17.9 Å². The zero-order valence-corrected chi connectivity index (χ0v) is 15.2. The van der Waals surface area contributed by atoms with Gasteiger partial charge in [0.15, 0.2) is 5.92 Å². The van der Waals surface area contributed by atoms with Gasteiger partial charge < -0.3 is 16.7 Å². The van der Waals surface area contributed by atoms with Gasteiger partial charge in [-0.25, -0.2) is 4.79 Å². The molecule has 0 radical (unpaired) electrons. The predicted molar refractivity (Wildman–Crippen MR) is 52.5 cm³/mol. The van der Waals surface area contributed by atoms with E-state index in [1.165, 1.54) is 18.2 Å². The number of carboxylic acid groups (broad SMARTS) is 3. The quantitative estimate of drug-likeness (QED) is 0.525. The number of carboxylic acids is 3. The van der Waals surface area contributed by atoms with Crippen molar-refractivity contribution in [1.82, 2.24) is 0 Å². The molecule has 0 aliphatic carbocycles. The number of hydrogen-bond donors (Lipinski definition) is 3. The summed E-state index contributed by atoms with van der Waals surface area (Å²) >= 11 is 0. The van der Waals surface area contributed by atoms with Gasteiger partial charge in [-0.3, -0.25) is 9.59 Å². The van der Waals surface area contributed by atoms with Crippen LogP contribution in [0.3, 0.4) is 0 Å². The Morgan fingerprint density at radius 2 is 1.59 bits per heavy atom. The molecule has 0 unspecified atom stereocenters. The Morgan fingerprint density at radius 1 is 1.06 bits per heavy atom. The van der Waals surface area contributed by atoms with Crippen molar-refractivity contribution in [3.8, 4) is 0 Å². The summed E-state index contributed by atoms with van der Waals surface area (Å²) in [5.74, 6) is -6.05. The van der Waals surface area contributed by atoms with Crippen molar-refractivity contribution in [2.24, 2.45) is 0 Å². The number of hydrogen-bond acceptors (Lipinski definition) is 3. The van der Waals surface area contributed by atoms with Crippen LogP contribution in [0, 0.1) is 0 Å². The topological polar surface area (TPSA) is 112 Å². The number of rotatable bonds is 4. The molecular weight excluding hydrogens is 349 g/mol. The molecule has 0 saturated heterocycles. The zero-order valence-electron chi connectivity index (χ0n) is 9.95. The molecule has 0 heterocycles. The third kappa shape index (κ3) is 4.45. The Labute approximate surface area is 157 Å². The summed E-state index contributed by atoms with van der Waals surface area (Å²) in [5.41, 5.74) is -0.218. The molecule has 86 valence electrons. The molecule has 0 aliphatic rings. The second-order valence-electron chi connectivity index (χ2n) is 3.04. The van der Waals surface area contributed by atoms with E-state index in [0.29, 0.717) is 0 Å². The van der Waals surface area contributed by atoms with E-state index in [2.05, 4.69) is 0 Å². The van der Waals surface area contributed by atoms with Crippen LogP contribution in [0.15, 0.2) is 24.3 Å². The van der Waals surface area contributed by atoms with Gasteiger partial charge in [0.05, 0.1) is 5.56 Å². The number of carbonyl (C=O) groups is 3. The van der Waals surface area contributed by atoms with Gasteiger partial charge in [0.2, 0.25) is 0 Å². The summed E-state index contributed by atoms with van der Waals surface area (Å²) in [6.45, 7) is 0. The monoisotopic (exact) mass is 358 g/mol. The van der Waals surface area contributed by atoms with E-state index in [-0.39, 0.29) is 81.4 Å². The molecule has 1 aromatic rings. The van der Waals surface area contributed by atoms with Gasteiger partial charge in [0.1, 0.15) is 0 Å². The summed E-state index contributed by atoms with van der Waals surface area (Å²) in [6.07, 6.45) is 0. The molecule has 0 bridgehead atoms. The molecule has 6 nitrogen and oxygen atoms in total. The van der Waals surface area contributed by atoms with Gasteiger partial charge >= 0.3 is 86.8 Å². The van der Waals surface area contributed by atoms with E-state index >= 15 is 0 Å². The third-order valence-electron chi connectivity index (χ3n) is 1.96. The van der Waals surface area contributed by atoms with Crippen LogP contribution in [0.25, 0.3) is 0 Å². The van der Waals surface area contributed by atoms with Gasteiger partial charge in [0, 0.05) is 0 Å². The summed E-state index contributed by atoms with van der Waals surface area (Å²) in [7, 11) is 0. The van der Waals surface area contributed by atoms with Crippen molar-refractivity contribution in [2.75, 3.05) is 0 Å². The average Bonchev–Trinajstić information content (AvgIpc) is 2.16. The molecule has 0 aliphatic heterocycles. The SMILES string of the molecule is O=C(O)c1cccc(C(C(=O)O)C(=O)O)c1.[Cs+].[H-]. The molecule has 17 heavy (non-hydrogen) atoms. The van der Waals surface area contributed by atoms with Crippen molar-refractivity contribution in [2.45, 2.75) is 5.92 Å². The van der Waals surface area contributed by atoms with E-state index in [0.717, 1.165) is 6.07 Å². The van der Waals surface area contributed by atoms with Crippen molar-refractivity contribution < 1.29 is 100 Å². The smallest absolute Gasteiger partial charge is 1.00 e. The zero-order chi connectivity index (χ0) is 12.3. The maximum absolute atomic E-state index is 10.7. The molecular formula is C10H9CsO6. The van der Waals surface area contributed by atoms with E-state index < -0.39 is 23.8 Å². The van der Waals surface area contributed by atoms with Crippen LogP contribution in [0.1, 0.15) is 23.3 Å². The van der Waals surface area contributed by atoms with Crippen molar-refractivity contribution in [1.29, 1.82) is 0 Å². The predicted octanol–water partition coefficient (Wildman–Crippen LogP) is -2.25. The van der Waals surface area contributed by atoms with Crippen LogP contribution in [0.2, 0.25) is 0 Å². The summed E-state index contributed by atoms with van der Waals surface area (Å²) in [6, 6.07) is 4.86. The fourth-order valence-corrected chi connectivity index (χ4v) is 1.24. The summed E-state index contributed by atoms with van der Waals surface area (Å²) in [5, 5.41) is 26.1. The minimum atomic E-state index is -1.75. The number of aromatic carboxylic acids is 1. The first-order valence-electron chi connectivity index (χ1n) is 4.22. The normalized spacial score (nSPS) is 9.47. The average molecular weight is 358 g/mol. The minimum Gasteiger partial charge on any atom is -1.00 e. The van der Waals surface area contributed by atoms with Crippen LogP contribution < -0.4 is 68.9 Å². The minimum absolute atomic E-state index is 0. The maximum Gasteiger partial charge on any atom is 1.00 e. The van der Waals surface area contributed by atoms with Gasteiger partial charge in [-0.15, -0.1) is 0 Å². The van der Waals surface area contributed by atoms with Crippen LogP contribution in [-0.4, -0.2) is 33.2 Å². The van der Waals surface area contributed by atoms with Crippen molar-refractivity contribution in [3.05, 3.63) is 35.4 Å². The van der Waals surface area contributed by atoms with Gasteiger partial charge in [-0.05, 0) is 17.7 Å². The van der Waals surface area contributed by atoms with Crippen LogP contribution in [0.5, 0.6) is 0 Å². The molecule has 0 fully saturated rings. The van der Waals surface area contributed by atoms with E-state index in [4.69, 9.17) is 15.3 Å². The van der Waals surface area contributed by atoms with Crippen molar-refractivity contribution in [3.63, 3.8) is 0 Å². The van der Waals surface area contributed by atoms with Crippen LogP contribution in [0.4, 0.5) is 0 Å². The van der Waals surface area contributed by atoms with E-state index in [1.807, 2.05) is 0 Å². The van der Waals surface area contributed by atoms with E-state index in [9.17, 15) is 14.4 Å². The van der Waals surface area contributed by atoms with Crippen LogP contribution in [-0.2, 0) is 9.59 Å². The first-order valence-corrected chi connectivity index (χ1v) is 4.22.